The van der Waals surface area contributed by atoms with Gasteiger partial charge in [-0.25, -0.2) is 9.59 Å². The van der Waals surface area contributed by atoms with Crippen LogP contribution in [0.5, 0.6) is 5.75 Å². The summed E-state index contributed by atoms with van der Waals surface area (Å²) < 4.78 is 130. The molecule has 0 radical (unpaired) electrons. The molecule has 11 rings (SSSR count). The lowest BCUT2D eigenvalue weighted by Crippen LogP contribution is -2.69. The number of hydrogen-bond acceptors (Lipinski definition) is 27. The van der Waals surface area contributed by atoms with Gasteiger partial charge in [0.25, 0.3) is 0 Å². The Bertz CT molecular complexity index is 4220. The van der Waals surface area contributed by atoms with Gasteiger partial charge in [-0.15, -0.1) is 0 Å². The Kier molecular flexibility index (Phi) is 31.5. The molecule has 7 aromatic carbocycles. The van der Waals surface area contributed by atoms with Crippen molar-refractivity contribution in [1.29, 1.82) is 0 Å². The third kappa shape index (κ3) is 23.2. The van der Waals surface area contributed by atoms with Gasteiger partial charge in [0.15, 0.2) is 43.3 Å². The fraction of sp³-hybridized carbons (Fsp3) is 0.427. The van der Waals surface area contributed by atoms with Gasteiger partial charge in [-0.2, -0.15) is 0 Å². The second kappa shape index (κ2) is 42.6. The molecule has 7 aromatic rings. The van der Waals surface area contributed by atoms with Gasteiger partial charge in [0.2, 0.25) is 6.29 Å². The first-order valence-electron chi connectivity index (χ1n) is 36.6. The summed E-state index contributed by atoms with van der Waals surface area (Å²) in [5.74, 6) is -4.24. The van der Waals surface area contributed by atoms with E-state index in [1.807, 2.05) is 103 Å². The summed E-state index contributed by atoms with van der Waals surface area (Å²) in [6.07, 6.45) is -29.7. The molecule has 0 N–H and O–H groups in total. The van der Waals surface area contributed by atoms with Crippen LogP contribution >= 0.6 is 0 Å². The summed E-state index contributed by atoms with van der Waals surface area (Å²) in [5, 5.41) is 8.60. The summed E-state index contributed by atoms with van der Waals surface area (Å²) in [7, 11) is 3.73. The van der Waals surface area contributed by atoms with Crippen LogP contribution in [0.3, 0.4) is 0 Å². The molecule has 0 aromatic heterocycles. The minimum atomic E-state index is -1.98. The lowest BCUT2D eigenvalue weighted by molar-refractivity contribution is -0.377. The van der Waals surface area contributed by atoms with E-state index in [9.17, 15) is 30.2 Å². The van der Waals surface area contributed by atoms with Gasteiger partial charge in [-0.1, -0.05) is 204 Å². The van der Waals surface area contributed by atoms with Crippen molar-refractivity contribution in [2.45, 2.75) is 190 Å². The summed E-state index contributed by atoms with van der Waals surface area (Å²) in [6.45, 7) is 1.97. The highest BCUT2D eigenvalue weighted by Gasteiger charge is 2.61. The average molecular weight is 1560 g/mol. The standard InChI is InChI=1S/C82H90N6O25/c1-50(89)104-75-69(102-45-57-33-21-11-22-34-57)71(73(77(92)95-5)112-81(75)106-52(3)91)111-80-64(86-88-84)68(101-44-56-31-19-10-20-32-56)66(62(108-80)49-98-42-54-27-15-8-16-28-54)109-82-76(105-51(2)90)70(103-46-58-35-23-12-24-36-58)72(74(113-82)78(93)96-6)110-79-63(85-87-83)67(100-43-55-29-17-9-18-30-55)65(99-47-59-37-39-60(94-4)40-38-59)61(107-79)48-97-41-53-25-13-7-14-26-53/h7-40,61-76,79-82H,41-49H2,1-6H3/t61?,62?,63?,64?,65-,66-,67+,68+,69-,70-,71+,72+,73?,74?,75?,76?,79-,80-,81+,82+/m0/s1. The molecule has 31 nitrogen and oxygen atoms in total. The lowest BCUT2D eigenvalue weighted by Gasteiger charge is -2.51. The molecule has 4 saturated heterocycles. The highest BCUT2D eigenvalue weighted by molar-refractivity contribution is 5.76. The maximum Gasteiger partial charge on any atom is 0.338 e. The minimum Gasteiger partial charge on any atom is -0.497 e. The summed E-state index contributed by atoms with van der Waals surface area (Å²) in [6, 6.07) is 58.3. The molecule has 4 aliphatic heterocycles. The summed E-state index contributed by atoms with van der Waals surface area (Å²) >= 11 is 0. The number of carbonyl (C=O) groups excluding carboxylic acids is 5. The quantitative estimate of drug-likeness (QED) is 0.0115. The van der Waals surface area contributed by atoms with Crippen molar-refractivity contribution in [3.05, 3.63) is 266 Å². The maximum atomic E-state index is 15.1. The molecule has 598 valence electrons. The van der Waals surface area contributed by atoms with Crippen LogP contribution in [-0.4, -0.2) is 187 Å². The van der Waals surface area contributed by atoms with Gasteiger partial charge in [0.1, 0.15) is 78.9 Å². The van der Waals surface area contributed by atoms with Crippen molar-refractivity contribution in [3.63, 3.8) is 0 Å². The summed E-state index contributed by atoms with van der Waals surface area (Å²) in [4.78, 5) is 76.2. The van der Waals surface area contributed by atoms with Crippen LogP contribution in [0.15, 0.2) is 216 Å². The molecule has 8 unspecified atom stereocenters. The molecule has 4 heterocycles. The molecule has 0 spiro atoms. The predicted octanol–water partition coefficient (Wildman–Crippen LogP) is 10.5. The van der Waals surface area contributed by atoms with Gasteiger partial charge in [-0.3, -0.25) is 14.4 Å². The van der Waals surface area contributed by atoms with Crippen LogP contribution in [0, 0.1) is 0 Å². The molecule has 0 bridgehead atoms. The Balaban J connectivity index is 1.02. The molecule has 4 aliphatic rings. The maximum absolute atomic E-state index is 15.1. The number of azide groups is 2. The third-order valence-corrected chi connectivity index (χ3v) is 18.7. The molecule has 0 aliphatic carbocycles. The normalized spacial score (nSPS) is 27.4. The molecular weight excluding hydrogens is 1470 g/mol. The molecule has 20 atom stereocenters. The van der Waals surface area contributed by atoms with Crippen molar-refractivity contribution in [1.82, 2.24) is 0 Å². The van der Waals surface area contributed by atoms with Crippen molar-refractivity contribution in [2.24, 2.45) is 10.2 Å². The number of carbonyl (C=O) groups is 5. The van der Waals surface area contributed by atoms with Crippen molar-refractivity contribution in [3.8, 4) is 5.75 Å². The Morgan fingerprint density at radius 2 is 0.646 bits per heavy atom. The average Bonchev–Trinajstić information content (AvgIpc) is 0.759. The molecular formula is C82H90N6O25. The zero-order valence-electron chi connectivity index (χ0n) is 62.9. The Labute approximate surface area is 652 Å². The van der Waals surface area contributed by atoms with Crippen LogP contribution in [-0.2, 0) is 160 Å². The SMILES string of the molecule is COC(=O)C1O[C@@H](O[C@H]2C(COCc3ccccc3)O[C@@H](O[C@H]3C(C(=O)OC)O[C@@H](OC(C)=O)C(OC(C)=O)[C@H]3OCc3ccccc3)C(N=[N+]=[N-])[C@H]2OCc2ccccc2)C(OC(C)=O)[C@@H](OCc2ccccc2)[C@H]1O[C@@H]1OC(COCc2ccccc2)[C@H](OCc2ccc(OC)cc2)[C@H](OCc2ccccc2)C1N=[N+]=[N-]. The highest BCUT2D eigenvalue weighted by Crippen LogP contribution is 2.41. The van der Waals surface area contributed by atoms with Gasteiger partial charge < -0.3 is 94.7 Å². The lowest BCUT2D eigenvalue weighted by atomic mass is 9.93. The van der Waals surface area contributed by atoms with E-state index in [4.69, 9.17) is 94.7 Å². The summed E-state index contributed by atoms with van der Waals surface area (Å²) in [5.41, 5.74) is 26.3. The largest absolute Gasteiger partial charge is 0.497 e. The second-order valence-electron chi connectivity index (χ2n) is 26.6. The van der Waals surface area contributed by atoms with E-state index in [-0.39, 0.29) is 52.9 Å². The molecule has 0 amide bonds. The van der Waals surface area contributed by atoms with E-state index in [1.165, 1.54) is 0 Å². The van der Waals surface area contributed by atoms with Crippen molar-refractivity contribution < 1.29 is 119 Å². The van der Waals surface area contributed by atoms with Gasteiger partial charge in [-0.05, 0) is 62.1 Å². The zero-order chi connectivity index (χ0) is 79.4. The van der Waals surface area contributed by atoms with E-state index in [1.54, 1.807) is 110 Å². The third-order valence-electron chi connectivity index (χ3n) is 18.7. The predicted molar refractivity (Wildman–Crippen MR) is 396 cm³/mol. The minimum absolute atomic E-state index is 0.0104. The zero-order valence-corrected chi connectivity index (χ0v) is 62.9. The molecule has 4 fully saturated rings. The number of benzene rings is 7. The van der Waals surface area contributed by atoms with Crippen LogP contribution < -0.4 is 4.74 Å². The highest BCUT2D eigenvalue weighted by atomic mass is 16.8. The number of hydrogen-bond donors (Lipinski definition) is 0. The van der Waals surface area contributed by atoms with E-state index in [0.29, 0.717) is 28.0 Å². The Hall–Kier alpha value is -10.3. The smallest absolute Gasteiger partial charge is 0.338 e. The van der Waals surface area contributed by atoms with E-state index >= 15 is 4.79 Å². The van der Waals surface area contributed by atoms with Crippen LogP contribution in [0.25, 0.3) is 20.9 Å². The van der Waals surface area contributed by atoms with Crippen molar-refractivity contribution >= 4 is 29.8 Å². The van der Waals surface area contributed by atoms with E-state index < -0.39 is 159 Å². The number of methoxy groups -OCH3 is 3. The van der Waals surface area contributed by atoms with Gasteiger partial charge >= 0.3 is 29.8 Å². The number of esters is 5. The van der Waals surface area contributed by atoms with Crippen LogP contribution in [0.4, 0.5) is 0 Å². The number of nitrogens with zero attached hydrogens (tertiary/aromatic N) is 6. The monoisotopic (exact) mass is 1560 g/mol. The molecule has 0 saturated carbocycles. The van der Waals surface area contributed by atoms with Crippen LogP contribution in [0.2, 0.25) is 0 Å². The first kappa shape index (κ1) is 83.7. The van der Waals surface area contributed by atoms with E-state index in [2.05, 4.69) is 20.1 Å². The first-order chi connectivity index (χ1) is 55.1. The fourth-order valence-electron chi connectivity index (χ4n) is 13.5. The van der Waals surface area contributed by atoms with Crippen LogP contribution in [0.1, 0.15) is 59.7 Å². The van der Waals surface area contributed by atoms with Gasteiger partial charge in [0, 0.05) is 30.6 Å². The fourth-order valence-corrected chi connectivity index (χ4v) is 13.5. The van der Waals surface area contributed by atoms with Crippen molar-refractivity contribution in [2.75, 3.05) is 34.5 Å². The first-order valence-corrected chi connectivity index (χ1v) is 36.6. The van der Waals surface area contributed by atoms with Gasteiger partial charge in [0.05, 0.1) is 80.8 Å². The Morgan fingerprint density at radius 3 is 1.00 bits per heavy atom. The molecule has 31 heteroatoms. The molecule has 113 heavy (non-hydrogen) atoms. The second-order valence-corrected chi connectivity index (χ2v) is 26.6. The number of rotatable bonds is 37. The van der Waals surface area contributed by atoms with E-state index in [0.717, 1.165) is 51.7 Å². The Morgan fingerprint density at radius 1 is 0.336 bits per heavy atom. The number of ether oxygens (including phenoxy) is 20. The topological polar surface area (TPSA) is 367 Å².